The van der Waals surface area contributed by atoms with Crippen LogP contribution in [-0.2, 0) is 6.54 Å². The summed E-state index contributed by atoms with van der Waals surface area (Å²) in [7, 11) is 0. The third kappa shape index (κ3) is 8.41. The largest absolute Gasteiger partial charge is 0.325 e. The molecule has 0 unspecified atom stereocenters. The number of aromatic nitrogens is 2. The number of nitriles is 1. The zero-order chi connectivity index (χ0) is 16.9. The minimum atomic E-state index is -0.444. The summed E-state index contributed by atoms with van der Waals surface area (Å²) in [6.07, 6.45) is 6.58. The van der Waals surface area contributed by atoms with Crippen LogP contribution in [0.2, 0.25) is 0 Å². The minimum absolute atomic E-state index is 0. The lowest BCUT2D eigenvalue weighted by Gasteiger charge is -2.04. The predicted octanol–water partition coefficient (Wildman–Crippen LogP) is 2.70. The summed E-state index contributed by atoms with van der Waals surface area (Å²) in [6, 6.07) is 12.0. The Morgan fingerprint density at radius 2 is 2.12 bits per heavy atom. The zero-order valence-electron chi connectivity index (χ0n) is 13.5. The zero-order valence-corrected chi connectivity index (χ0v) is 13.5. The number of hydrogen-bond donors (Lipinski definition) is 2. The van der Waals surface area contributed by atoms with E-state index in [2.05, 4.69) is 53.1 Å². The number of H-pyrrole nitrogens is 1. The Kier molecular flexibility index (Phi) is 10.9. The molecule has 2 aromatic rings. The molecule has 0 aliphatic carbocycles. The van der Waals surface area contributed by atoms with Gasteiger partial charge in [0.2, 0.25) is 5.69 Å². The number of halogens is 1. The molecule has 0 aliphatic heterocycles. The number of benzene rings is 1. The van der Waals surface area contributed by atoms with Gasteiger partial charge in [-0.05, 0) is 12.5 Å². The average molecular weight is 328 g/mol. The van der Waals surface area contributed by atoms with Crippen LogP contribution in [-0.4, -0.2) is 16.5 Å². The van der Waals surface area contributed by atoms with E-state index in [1.165, 1.54) is 23.5 Å². The highest BCUT2D eigenvalue weighted by Crippen LogP contribution is 1.98. The highest BCUT2D eigenvalue weighted by Gasteiger charge is 1.93. The van der Waals surface area contributed by atoms with Crippen LogP contribution in [0.4, 0.5) is 4.70 Å². The molecule has 0 spiro atoms. The summed E-state index contributed by atoms with van der Waals surface area (Å²) in [6.45, 7) is 7.60. The molecule has 126 valence electrons. The lowest BCUT2D eigenvalue weighted by Crippen LogP contribution is -2.15. The molecular formula is C18H21FN4O. The highest BCUT2D eigenvalue weighted by atomic mass is 19.0. The van der Waals surface area contributed by atoms with Gasteiger partial charge < -0.3 is 10.3 Å². The monoisotopic (exact) mass is 328 g/mol. The second kappa shape index (κ2) is 12.5. The minimum Gasteiger partial charge on any atom is -0.325 e. The fraction of sp³-hybridized carbons (Fsp3) is 0.167. The molecule has 0 fully saturated rings. The van der Waals surface area contributed by atoms with E-state index in [4.69, 9.17) is 5.26 Å². The normalized spacial score (nSPS) is 9.75. The van der Waals surface area contributed by atoms with E-state index < -0.39 is 5.56 Å². The average Bonchev–Trinajstić information content (AvgIpc) is 2.57. The standard InChI is InChI=1S/C13H17N.C5H3N3O.FH/c1-3-7-12(2)10-14-11-13-8-5-4-6-9-13;6-3-4-5(9)8-2-1-7-4;/h3-9,14H,1,10-11H2,2H3;1-2H,(H,8,9);1H/b12-7+;;. The maximum Gasteiger partial charge on any atom is 0.284 e. The molecule has 1 aromatic heterocycles. The van der Waals surface area contributed by atoms with E-state index in [9.17, 15) is 4.79 Å². The molecule has 2 N–H and O–H groups in total. The smallest absolute Gasteiger partial charge is 0.284 e. The van der Waals surface area contributed by atoms with Gasteiger partial charge in [0.15, 0.2) is 0 Å². The van der Waals surface area contributed by atoms with Crippen LogP contribution in [0.3, 0.4) is 0 Å². The third-order valence-corrected chi connectivity index (χ3v) is 2.79. The van der Waals surface area contributed by atoms with Crippen LogP contribution in [0.5, 0.6) is 0 Å². The molecule has 0 amide bonds. The summed E-state index contributed by atoms with van der Waals surface area (Å²) < 4.78 is 0. The molecule has 0 saturated carbocycles. The van der Waals surface area contributed by atoms with E-state index in [1.54, 1.807) is 6.07 Å². The molecule has 0 saturated heterocycles. The third-order valence-electron chi connectivity index (χ3n) is 2.79. The Morgan fingerprint density at radius 1 is 1.42 bits per heavy atom. The summed E-state index contributed by atoms with van der Waals surface area (Å²) in [5.41, 5.74) is 2.08. The molecule has 1 aromatic carbocycles. The van der Waals surface area contributed by atoms with Crippen molar-refractivity contribution >= 4 is 0 Å². The van der Waals surface area contributed by atoms with E-state index in [-0.39, 0.29) is 10.4 Å². The van der Waals surface area contributed by atoms with E-state index in [0.717, 1.165) is 13.1 Å². The first kappa shape index (κ1) is 21.0. The fourth-order valence-corrected chi connectivity index (χ4v) is 1.69. The maximum atomic E-state index is 10.5. The van der Waals surface area contributed by atoms with Gasteiger partial charge in [-0.2, -0.15) is 5.26 Å². The molecule has 5 nitrogen and oxygen atoms in total. The van der Waals surface area contributed by atoms with Crippen LogP contribution >= 0.6 is 0 Å². The Morgan fingerprint density at radius 3 is 2.67 bits per heavy atom. The van der Waals surface area contributed by atoms with Gasteiger partial charge in [0.05, 0.1) is 0 Å². The van der Waals surface area contributed by atoms with Gasteiger partial charge in [-0.15, -0.1) is 0 Å². The van der Waals surface area contributed by atoms with E-state index in [1.807, 2.05) is 18.2 Å². The fourth-order valence-electron chi connectivity index (χ4n) is 1.69. The molecular weight excluding hydrogens is 307 g/mol. The van der Waals surface area contributed by atoms with Gasteiger partial charge in [0, 0.05) is 25.5 Å². The van der Waals surface area contributed by atoms with Crippen LogP contribution in [0.15, 0.2) is 71.8 Å². The first-order valence-electron chi connectivity index (χ1n) is 7.14. The van der Waals surface area contributed by atoms with Crippen LogP contribution in [0.25, 0.3) is 0 Å². The lowest BCUT2D eigenvalue weighted by molar-refractivity contribution is 0.740. The molecule has 2 rings (SSSR count). The molecule has 1 heterocycles. The Bertz CT molecular complexity index is 732. The molecule has 0 atom stereocenters. The molecule has 0 aliphatic rings. The summed E-state index contributed by atoms with van der Waals surface area (Å²) >= 11 is 0. The number of nitrogens with one attached hydrogen (secondary N) is 2. The van der Waals surface area contributed by atoms with Crippen LogP contribution < -0.4 is 10.9 Å². The number of aromatic amines is 1. The van der Waals surface area contributed by atoms with Crippen molar-refractivity contribution in [3.05, 3.63) is 88.6 Å². The predicted molar refractivity (Wildman–Crippen MR) is 94.2 cm³/mol. The Labute approximate surface area is 140 Å². The van der Waals surface area contributed by atoms with Gasteiger partial charge in [-0.3, -0.25) is 9.50 Å². The Balaban J connectivity index is 0.000000460. The van der Waals surface area contributed by atoms with Crippen molar-refractivity contribution in [2.45, 2.75) is 13.5 Å². The van der Waals surface area contributed by atoms with Crippen LogP contribution in [0.1, 0.15) is 18.2 Å². The topological polar surface area (TPSA) is 81.6 Å². The van der Waals surface area contributed by atoms with Gasteiger partial charge in [0.1, 0.15) is 6.07 Å². The van der Waals surface area contributed by atoms with Crippen molar-refractivity contribution in [2.75, 3.05) is 6.54 Å². The highest BCUT2D eigenvalue weighted by molar-refractivity contribution is 5.15. The number of hydrogen-bond acceptors (Lipinski definition) is 4. The van der Waals surface area contributed by atoms with E-state index >= 15 is 0 Å². The van der Waals surface area contributed by atoms with Gasteiger partial charge in [-0.25, -0.2) is 4.98 Å². The summed E-state index contributed by atoms with van der Waals surface area (Å²) in [4.78, 5) is 16.3. The van der Waals surface area contributed by atoms with E-state index in [0.29, 0.717) is 0 Å². The van der Waals surface area contributed by atoms with Crippen LogP contribution in [0, 0.1) is 11.3 Å². The Hall–Kier alpha value is -3.04. The molecule has 0 bridgehead atoms. The molecule has 6 heteroatoms. The quantitative estimate of drug-likeness (QED) is 0.827. The number of allylic oxidation sites excluding steroid dienone is 2. The van der Waals surface area contributed by atoms with Crippen molar-refractivity contribution in [3.8, 4) is 6.07 Å². The second-order valence-electron chi connectivity index (χ2n) is 4.72. The first-order valence-corrected chi connectivity index (χ1v) is 7.14. The van der Waals surface area contributed by atoms with Crippen molar-refractivity contribution in [2.24, 2.45) is 0 Å². The number of rotatable bonds is 5. The lowest BCUT2D eigenvalue weighted by atomic mass is 10.2. The van der Waals surface area contributed by atoms with Crippen molar-refractivity contribution < 1.29 is 4.70 Å². The van der Waals surface area contributed by atoms with Crippen molar-refractivity contribution in [3.63, 3.8) is 0 Å². The number of nitrogens with zero attached hydrogens (tertiary/aromatic N) is 2. The second-order valence-corrected chi connectivity index (χ2v) is 4.72. The summed E-state index contributed by atoms with van der Waals surface area (Å²) in [5, 5.41) is 11.6. The van der Waals surface area contributed by atoms with Crippen molar-refractivity contribution in [1.29, 1.82) is 5.26 Å². The molecule has 24 heavy (non-hydrogen) atoms. The summed E-state index contributed by atoms with van der Waals surface area (Å²) in [5.74, 6) is 0. The van der Waals surface area contributed by atoms with Crippen molar-refractivity contribution in [1.82, 2.24) is 15.3 Å². The SMILES string of the molecule is C=C/C=C(\C)CNCc1ccccc1.F.N#Cc1ncc[nH]c1=O. The maximum absolute atomic E-state index is 10.5. The molecule has 0 radical (unpaired) electrons. The van der Waals surface area contributed by atoms with Gasteiger partial charge >= 0.3 is 0 Å². The van der Waals surface area contributed by atoms with Gasteiger partial charge in [0.25, 0.3) is 5.56 Å². The van der Waals surface area contributed by atoms with Gasteiger partial charge in [-0.1, -0.05) is 54.6 Å². The first-order chi connectivity index (χ1) is 11.2.